The van der Waals surface area contributed by atoms with Crippen LogP contribution in [0.3, 0.4) is 0 Å². The maximum absolute atomic E-state index is 12.1. The van der Waals surface area contributed by atoms with Gasteiger partial charge in [-0.05, 0) is 12.8 Å². The van der Waals surface area contributed by atoms with Crippen molar-refractivity contribution in [3.63, 3.8) is 0 Å². The minimum Gasteiger partial charge on any atom is -0.465 e. The molecule has 1 unspecified atom stereocenters. The van der Waals surface area contributed by atoms with Gasteiger partial charge in [0, 0.05) is 0 Å². The van der Waals surface area contributed by atoms with Crippen molar-refractivity contribution in [2.45, 2.75) is 162 Å². The number of carbonyl (C=O) groups is 1. The predicted octanol–water partition coefficient (Wildman–Crippen LogP) is 9.79. The third kappa shape index (κ3) is 22.2. The lowest BCUT2D eigenvalue weighted by atomic mass is 10.0. The van der Waals surface area contributed by atoms with Crippen LogP contribution < -0.4 is 0 Å². The van der Waals surface area contributed by atoms with E-state index in [-0.39, 0.29) is 11.9 Å². The molecule has 0 aromatic carbocycles. The number of hydrogen-bond acceptors (Lipinski definition) is 2. The van der Waals surface area contributed by atoms with Gasteiger partial charge in [-0.2, -0.15) is 0 Å². The van der Waals surface area contributed by atoms with E-state index in [0.717, 1.165) is 12.8 Å². The summed E-state index contributed by atoms with van der Waals surface area (Å²) in [5.74, 6) is 0.101. The molecule has 0 saturated carbocycles. The van der Waals surface area contributed by atoms with E-state index < -0.39 is 0 Å². The molecule has 0 N–H and O–H groups in total. The zero-order chi connectivity index (χ0) is 22.1. The van der Waals surface area contributed by atoms with Gasteiger partial charge < -0.3 is 4.74 Å². The summed E-state index contributed by atoms with van der Waals surface area (Å²) in [6.07, 6.45) is 29.1. The Kier molecular flexibility index (Phi) is 24.3. The highest BCUT2D eigenvalue weighted by molar-refractivity contribution is 5.71. The number of esters is 1. The summed E-state index contributed by atoms with van der Waals surface area (Å²) in [6.45, 7) is 7.20. The largest absolute Gasteiger partial charge is 0.465 e. The fourth-order valence-electron chi connectivity index (χ4n) is 4.14. The van der Waals surface area contributed by atoms with Crippen molar-refractivity contribution < 1.29 is 9.53 Å². The van der Waals surface area contributed by atoms with Crippen molar-refractivity contribution in [3.8, 4) is 0 Å². The molecule has 0 aliphatic heterocycles. The highest BCUT2D eigenvalue weighted by Crippen LogP contribution is 2.15. The molecule has 0 saturated heterocycles. The van der Waals surface area contributed by atoms with Crippen LogP contribution in [0.25, 0.3) is 0 Å². The van der Waals surface area contributed by atoms with Crippen molar-refractivity contribution in [1.82, 2.24) is 0 Å². The molecule has 0 fully saturated rings. The van der Waals surface area contributed by atoms with E-state index in [2.05, 4.69) is 13.8 Å². The van der Waals surface area contributed by atoms with Crippen LogP contribution in [-0.2, 0) is 9.53 Å². The molecule has 0 radical (unpaired) electrons. The Balaban J connectivity index is 3.28. The lowest BCUT2D eigenvalue weighted by Gasteiger charge is -2.11. The summed E-state index contributed by atoms with van der Waals surface area (Å²) in [5, 5.41) is 0. The second-order valence-corrected chi connectivity index (χ2v) is 9.57. The lowest BCUT2D eigenvalue weighted by Crippen LogP contribution is -2.15. The summed E-state index contributed by atoms with van der Waals surface area (Å²) in [6, 6.07) is 0. The molecule has 0 aliphatic rings. The Morgan fingerprint density at radius 3 is 1.27 bits per heavy atom. The first-order valence-corrected chi connectivity index (χ1v) is 13.9. The van der Waals surface area contributed by atoms with Crippen molar-refractivity contribution >= 4 is 5.97 Å². The van der Waals surface area contributed by atoms with Crippen LogP contribution >= 0.6 is 0 Å². The van der Waals surface area contributed by atoms with Gasteiger partial charge in [0.25, 0.3) is 0 Å². The smallest absolute Gasteiger partial charge is 0.308 e. The van der Waals surface area contributed by atoms with Gasteiger partial charge >= 0.3 is 5.97 Å². The number of carbonyl (C=O) groups excluding carboxylic acids is 1. The Morgan fingerprint density at radius 1 is 0.533 bits per heavy atom. The minimum atomic E-state index is 0.0249. The van der Waals surface area contributed by atoms with E-state index in [9.17, 15) is 4.79 Å². The third-order valence-corrected chi connectivity index (χ3v) is 6.39. The second-order valence-electron chi connectivity index (χ2n) is 9.57. The van der Waals surface area contributed by atoms with Gasteiger partial charge in [-0.25, -0.2) is 0 Å². The molecule has 30 heavy (non-hydrogen) atoms. The molecule has 0 aromatic rings. The van der Waals surface area contributed by atoms with Gasteiger partial charge in [-0.3, -0.25) is 4.79 Å². The topological polar surface area (TPSA) is 26.3 Å². The molecule has 1 atom stereocenters. The van der Waals surface area contributed by atoms with E-state index in [0.29, 0.717) is 6.61 Å². The molecule has 0 heterocycles. The first kappa shape index (κ1) is 29.5. The average molecular weight is 425 g/mol. The molecule has 0 bridgehead atoms. The quantitative estimate of drug-likeness (QED) is 0.114. The number of ether oxygens (including phenoxy) is 1. The summed E-state index contributed by atoms with van der Waals surface area (Å²) in [5.41, 5.74) is 0. The van der Waals surface area contributed by atoms with E-state index in [1.807, 2.05) is 6.92 Å². The Hall–Kier alpha value is -0.530. The molecule has 180 valence electrons. The highest BCUT2D eigenvalue weighted by atomic mass is 16.5. The molecule has 2 nitrogen and oxygen atoms in total. The van der Waals surface area contributed by atoms with Crippen LogP contribution in [0.2, 0.25) is 0 Å². The van der Waals surface area contributed by atoms with Crippen molar-refractivity contribution in [1.29, 1.82) is 0 Å². The minimum absolute atomic E-state index is 0.0249. The van der Waals surface area contributed by atoms with Gasteiger partial charge in [0.15, 0.2) is 0 Å². The zero-order valence-electron chi connectivity index (χ0n) is 21.2. The summed E-state index contributed by atoms with van der Waals surface area (Å²) in [7, 11) is 0. The molecule has 0 aromatic heterocycles. The van der Waals surface area contributed by atoms with Crippen LogP contribution in [0.1, 0.15) is 162 Å². The molecular formula is C28H56O2. The summed E-state index contributed by atoms with van der Waals surface area (Å²) < 4.78 is 5.49. The fourth-order valence-corrected chi connectivity index (χ4v) is 4.14. The predicted molar refractivity (Wildman–Crippen MR) is 133 cm³/mol. The van der Waals surface area contributed by atoms with Gasteiger partial charge in [0.2, 0.25) is 0 Å². The maximum atomic E-state index is 12.1. The van der Waals surface area contributed by atoms with Gasteiger partial charge in [0.05, 0.1) is 12.5 Å². The van der Waals surface area contributed by atoms with E-state index >= 15 is 0 Å². The van der Waals surface area contributed by atoms with Crippen LogP contribution in [0.5, 0.6) is 0 Å². The van der Waals surface area contributed by atoms with E-state index in [1.54, 1.807) is 0 Å². The highest BCUT2D eigenvalue weighted by Gasteiger charge is 2.13. The molecular weight excluding hydrogens is 368 g/mol. The third-order valence-electron chi connectivity index (χ3n) is 6.39. The van der Waals surface area contributed by atoms with Crippen molar-refractivity contribution in [3.05, 3.63) is 0 Å². The lowest BCUT2D eigenvalue weighted by molar-refractivity contribution is -0.148. The monoisotopic (exact) mass is 424 g/mol. The Labute approximate surface area is 190 Å². The SMILES string of the molecule is CCCCCCCCCCCCCCCOC(=O)C(C)CCCCCCCCCC. The first-order chi connectivity index (χ1) is 14.7. The molecule has 0 amide bonds. The van der Waals surface area contributed by atoms with E-state index in [4.69, 9.17) is 4.74 Å². The molecule has 0 spiro atoms. The van der Waals surface area contributed by atoms with Gasteiger partial charge in [0.1, 0.15) is 0 Å². The van der Waals surface area contributed by atoms with Crippen LogP contribution in [0.4, 0.5) is 0 Å². The molecule has 0 aliphatic carbocycles. The second kappa shape index (κ2) is 24.7. The van der Waals surface area contributed by atoms with E-state index in [1.165, 1.54) is 128 Å². The van der Waals surface area contributed by atoms with Crippen LogP contribution in [-0.4, -0.2) is 12.6 Å². The molecule has 0 rings (SSSR count). The number of unbranched alkanes of at least 4 members (excludes halogenated alkanes) is 19. The van der Waals surface area contributed by atoms with Crippen LogP contribution in [0.15, 0.2) is 0 Å². The summed E-state index contributed by atoms with van der Waals surface area (Å²) >= 11 is 0. The van der Waals surface area contributed by atoms with Crippen LogP contribution in [0, 0.1) is 5.92 Å². The first-order valence-electron chi connectivity index (χ1n) is 13.9. The number of rotatable bonds is 24. The Morgan fingerprint density at radius 2 is 0.867 bits per heavy atom. The van der Waals surface area contributed by atoms with Gasteiger partial charge in [-0.1, -0.05) is 149 Å². The molecule has 2 heteroatoms. The standard InChI is InChI=1S/C28H56O2/c1-4-6-8-10-12-14-15-16-17-18-20-22-24-26-30-28(29)27(3)25-23-21-19-13-11-9-7-5-2/h27H,4-26H2,1-3H3. The maximum Gasteiger partial charge on any atom is 0.308 e. The summed E-state index contributed by atoms with van der Waals surface area (Å²) in [4.78, 5) is 12.1. The van der Waals surface area contributed by atoms with Gasteiger partial charge in [-0.15, -0.1) is 0 Å². The van der Waals surface area contributed by atoms with Crippen molar-refractivity contribution in [2.24, 2.45) is 5.92 Å². The Bertz CT molecular complexity index is 340. The normalized spacial score (nSPS) is 12.2. The fraction of sp³-hybridized carbons (Fsp3) is 0.964. The zero-order valence-corrected chi connectivity index (χ0v) is 21.2. The average Bonchev–Trinajstić information content (AvgIpc) is 2.75. The number of hydrogen-bond donors (Lipinski definition) is 0. The van der Waals surface area contributed by atoms with Crippen molar-refractivity contribution in [2.75, 3.05) is 6.61 Å².